The lowest BCUT2D eigenvalue weighted by atomic mass is 10.2. The first-order valence-electron chi connectivity index (χ1n) is 7.69. The minimum absolute atomic E-state index is 0.0635. The Balaban J connectivity index is 2.01. The first-order chi connectivity index (χ1) is 11.1. The predicted molar refractivity (Wildman–Crippen MR) is 95.0 cm³/mol. The highest BCUT2D eigenvalue weighted by atomic mass is 32.2. The van der Waals surface area contributed by atoms with Crippen LogP contribution < -0.4 is 5.32 Å². The van der Waals surface area contributed by atoms with Gasteiger partial charge < -0.3 is 10.2 Å². The number of hydrogen-bond donors (Lipinski definition) is 1. The van der Waals surface area contributed by atoms with Crippen LogP contribution in [0.15, 0.2) is 52.5 Å². The number of carbonyl (C=O) groups is 1. The summed E-state index contributed by atoms with van der Waals surface area (Å²) in [5, 5.41) is 3.71. The maximum absolute atomic E-state index is 12.4. The van der Waals surface area contributed by atoms with Gasteiger partial charge in [-0.2, -0.15) is 0 Å². The Bertz CT molecular complexity index is 641. The summed E-state index contributed by atoms with van der Waals surface area (Å²) in [6.45, 7) is 3.68. The van der Waals surface area contributed by atoms with Crippen LogP contribution in [0.4, 0.5) is 0 Å². The molecule has 2 aromatic rings. The third kappa shape index (κ3) is 5.69. The van der Waals surface area contributed by atoms with Crippen LogP contribution in [0.5, 0.6) is 0 Å². The summed E-state index contributed by atoms with van der Waals surface area (Å²) in [7, 11) is 4.05. The van der Waals surface area contributed by atoms with E-state index in [2.05, 4.69) is 34.3 Å². The summed E-state index contributed by atoms with van der Waals surface area (Å²) in [6, 6.07) is 11.8. The molecule has 1 aromatic carbocycles. The first-order valence-corrected chi connectivity index (χ1v) is 8.50. The number of nitrogens with zero attached hydrogens (tertiary/aromatic N) is 2. The van der Waals surface area contributed by atoms with E-state index in [1.807, 2.05) is 32.3 Å². The number of benzene rings is 1. The normalized spacial score (nSPS) is 10.8. The lowest BCUT2D eigenvalue weighted by Gasteiger charge is -2.11. The third-order valence-corrected chi connectivity index (χ3v) is 4.35. The van der Waals surface area contributed by atoms with Crippen LogP contribution in [-0.2, 0) is 0 Å². The molecule has 0 aliphatic rings. The Morgan fingerprint density at radius 3 is 2.65 bits per heavy atom. The van der Waals surface area contributed by atoms with Crippen LogP contribution >= 0.6 is 11.8 Å². The largest absolute Gasteiger partial charge is 0.352 e. The van der Waals surface area contributed by atoms with Gasteiger partial charge >= 0.3 is 0 Å². The second kappa shape index (κ2) is 8.70. The third-order valence-electron chi connectivity index (χ3n) is 3.32. The number of carbonyl (C=O) groups excluding carboxylic acids is 1. The van der Waals surface area contributed by atoms with E-state index < -0.39 is 0 Å². The Hall–Kier alpha value is -1.85. The molecule has 1 N–H and O–H groups in total. The molecule has 0 bridgehead atoms. The Labute approximate surface area is 142 Å². The number of pyridine rings is 1. The van der Waals surface area contributed by atoms with E-state index in [1.165, 1.54) is 17.3 Å². The lowest BCUT2D eigenvalue weighted by Crippen LogP contribution is -2.27. The molecule has 0 saturated carbocycles. The molecule has 0 atom stereocenters. The van der Waals surface area contributed by atoms with Crippen molar-refractivity contribution in [2.45, 2.75) is 23.3 Å². The van der Waals surface area contributed by atoms with Crippen molar-refractivity contribution in [1.29, 1.82) is 0 Å². The number of hydrogen-bond acceptors (Lipinski definition) is 4. The molecule has 0 spiro atoms. The van der Waals surface area contributed by atoms with Crippen molar-refractivity contribution in [2.24, 2.45) is 0 Å². The van der Waals surface area contributed by atoms with Gasteiger partial charge in [0.05, 0.1) is 5.56 Å². The van der Waals surface area contributed by atoms with Crippen LogP contribution in [-0.4, -0.2) is 43.0 Å². The molecule has 4 nitrogen and oxygen atoms in total. The number of aryl methyl sites for hydroxylation is 1. The van der Waals surface area contributed by atoms with Gasteiger partial charge in [0.25, 0.3) is 5.91 Å². The van der Waals surface area contributed by atoms with Gasteiger partial charge in [-0.05, 0) is 58.3 Å². The van der Waals surface area contributed by atoms with E-state index in [4.69, 9.17) is 0 Å². The second-order valence-corrected chi connectivity index (χ2v) is 6.75. The fourth-order valence-corrected chi connectivity index (χ4v) is 2.94. The molecular weight excluding hydrogens is 306 g/mol. The van der Waals surface area contributed by atoms with Gasteiger partial charge in [0, 0.05) is 17.6 Å². The molecule has 1 aromatic heterocycles. The average molecular weight is 329 g/mol. The van der Waals surface area contributed by atoms with Gasteiger partial charge in [-0.15, -0.1) is 0 Å². The lowest BCUT2D eigenvalue weighted by molar-refractivity contribution is 0.0948. The number of rotatable bonds is 7. The quantitative estimate of drug-likeness (QED) is 0.792. The summed E-state index contributed by atoms with van der Waals surface area (Å²) < 4.78 is 0. The molecule has 5 heteroatoms. The van der Waals surface area contributed by atoms with Gasteiger partial charge in [0.2, 0.25) is 0 Å². The van der Waals surface area contributed by atoms with E-state index in [0.29, 0.717) is 12.1 Å². The van der Waals surface area contributed by atoms with Crippen molar-refractivity contribution in [2.75, 3.05) is 27.2 Å². The summed E-state index contributed by atoms with van der Waals surface area (Å²) in [6.07, 6.45) is 2.65. The smallest absolute Gasteiger partial charge is 0.254 e. The van der Waals surface area contributed by atoms with Gasteiger partial charge in [-0.1, -0.05) is 29.5 Å². The van der Waals surface area contributed by atoms with Gasteiger partial charge in [-0.3, -0.25) is 4.79 Å². The van der Waals surface area contributed by atoms with Crippen LogP contribution in [0.25, 0.3) is 0 Å². The maximum Gasteiger partial charge on any atom is 0.254 e. The van der Waals surface area contributed by atoms with Crippen molar-refractivity contribution in [3.05, 3.63) is 53.7 Å². The zero-order chi connectivity index (χ0) is 16.7. The summed E-state index contributed by atoms with van der Waals surface area (Å²) in [4.78, 5) is 19.9. The molecule has 122 valence electrons. The van der Waals surface area contributed by atoms with E-state index in [1.54, 1.807) is 12.3 Å². The van der Waals surface area contributed by atoms with Crippen molar-refractivity contribution in [3.8, 4) is 0 Å². The van der Waals surface area contributed by atoms with Gasteiger partial charge in [0.15, 0.2) is 0 Å². The summed E-state index contributed by atoms with van der Waals surface area (Å²) >= 11 is 1.52. The molecule has 2 rings (SSSR count). The monoisotopic (exact) mass is 329 g/mol. The maximum atomic E-state index is 12.4. The Kier molecular flexibility index (Phi) is 6.62. The molecule has 0 saturated heterocycles. The molecule has 23 heavy (non-hydrogen) atoms. The van der Waals surface area contributed by atoms with Crippen LogP contribution in [0.3, 0.4) is 0 Å². The number of nitrogens with one attached hydrogen (secondary N) is 1. The molecular formula is C18H23N3OS. The Morgan fingerprint density at radius 2 is 1.96 bits per heavy atom. The topological polar surface area (TPSA) is 45.2 Å². The zero-order valence-corrected chi connectivity index (χ0v) is 14.7. The summed E-state index contributed by atoms with van der Waals surface area (Å²) in [5.41, 5.74) is 1.84. The fourth-order valence-electron chi connectivity index (χ4n) is 2.06. The highest BCUT2D eigenvalue weighted by Gasteiger charge is 2.13. The molecule has 0 radical (unpaired) electrons. The van der Waals surface area contributed by atoms with E-state index >= 15 is 0 Å². The minimum atomic E-state index is -0.0635. The van der Waals surface area contributed by atoms with E-state index in [-0.39, 0.29) is 5.91 Å². The highest BCUT2D eigenvalue weighted by Crippen LogP contribution is 2.28. The molecule has 0 aliphatic carbocycles. The molecule has 0 aliphatic heterocycles. The first kappa shape index (κ1) is 17.5. The SMILES string of the molecule is Cc1ccc(Sc2ncccc2C(=O)NCCCN(C)C)cc1. The van der Waals surface area contributed by atoms with Gasteiger partial charge in [-0.25, -0.2) is 4.98 Å². The molecule has 0 fully saturated rings. The predicted octanol–water partition coefficient (Wildman–Crippen LogP) is 3.22. The van der Waals surface area contributed by atoms with Gasteiger partial charge in [0.1, 0.15) is 5.03 Å². The zero-order valence-electron chi connectivity index (χ0n) is 13.9. The van der Waals surface area contributed by atoms with E-state index in [0.717, 1.165) is 22.9 Å². The average Bonchev–Trinajstić information content (AvgIpc) is 2.54. The standard InChI is InChI=1S/C18H23N3OS/c1-14-7-9-15(10-8-14)23-18-16(6-4-11-20-18)17(22)19-12-5-13-21(2)3/h4,6-11H,5,12-13H2,1-3H3,(H,19,22). The molecule has 1 heterocycles. The number of amides is 1. The minimum Gasteiger partial charge on any atom is -0.352 e. The van der Waals surface area contributed by atoms with Crippen LogP contribution in [0, 0.1) is 6.92 Å². The Morgan fingerprint density at radius 1 is 1.22 bits per heavy atom. The van der Waals surface area contributed by atoms with Crippen LogP contribution in [0.2, 0.25) is 0 Å². The van der Waals surface area contributed by atoms with Crippen molar-refractivity contribution in [1.82, 2.24) is 15.2 Å². The van der Waals surface area contributed by atoms with Crippen molar-refractivity contribution >= 4 is 17.7 Å². The molecule has 0 unspecified atom stereocenters. The van der Waals surface area contributed by atoms with Crippen molar-refractivity contribution in [3.63, 3.8) is 0 Å². The highest BCUT2D eigenvalue weighted by molar-refractivity contribution is 7.99. The second-order valence-electron chi connectivity index (χ2n) is 5.68. The summed E-state index contributed by atoms with van der Waals surface area (Å²) in [5.74, 6) is -0.0635. The molecule has 1 amide bonds. The van der Waals surface area contributed by atoms with E-state index in [9.17, 15) is 4.79 Å². The van der Waals surface area contributed by atoms with Crippen molar-refractivity contribution < 1.29 is 4.79 Å². The number of aromatic nitrogens is 1. The van der Waals surface area contributed by atoms with Crippen LogP contribution in [0.1, 0.15) is 22.3 Å². The fraction of sp³-hybridized carbons (Fsp3) is 0.333.